The van der Waals surface area contributed by atoms with Gasteiger partial charge in [-0.25, -0.2) is 4.39 Å². The Hall–Kier alpha value is -1.75. The van der Waals surface area contributed by atoms with Crippen LogP contribution in [0.3, 0.4) is 0 Å². The summed E-state index contributed by atoms with van der Waals surface area (Å²) in [5.74, 6) is -0.514. The quantitative estimate of drug-likeness (QED) is 0.383. The van der Waals surface area contributed by atoms with Gasteiger partial charge in [-0.1, -0.05) is 38.5 Å². The minimum absolute atomic E-state index is 0.0240. The second kappa shape index (κ2) is 7.34. The Morgan fingerprint density at radius 3 is 2.44 bits per heavy atom. The monoisotopic (exact) mass is 400 g/mol. The molecule has 0 aromatic heterocycles. The molecule has 1 saturated carbocycles. The molecule has 146 valence electrons. The number of halogens is 5. The van der Waals surface area contributed by atoms with Gasteiger partial charge in [0.15, 0.2) is 0 Å². The van der Waals surface area contributed by atoms with Crippen LogP contribution in [0, 0.1) is 11.2 Å². The molecule has 1 aliphatic rings. The third kappa shape index (κ3) is 4.40. The van der Waals surface area contributed by atoms with E-state index < -0.39 is 17.9 Å². The summed E-state index contributed by atoms with van der Waals surface area (Å²) in [6, 6.07) is 8.59. The molecule has 0 amide bonds. The van der Waals surface area contributed by atoms with Gasteiger partial charge in [-0.15, -0.1) is 24.8 Å². The molecule has 0 aliphatic heterocycles. The highest BCUT2D eigenvalue weighted by Crippen LogP contribution is 2.51. The van der Waals surface area contributed by atoms with Crippen molar-refractivity contribution >= 4 is 11.6 Å². The van der Waals surface area contributed by atoms with Crippen molar-refractivity contribution in [1.82, 2.24) is 0 Å². The molecule has 0 unspecified atom stereocenters. The van der Waals surface area contributed by atoms with Gasteiger partial charge in [0.25, 0.3) is 0 Å². The van der Waals surface area contributed by atoms with Crippen LogP contribution in [0.1, 0.15) is 50.2 Å². The van der Waals surface area contributed by atoms with Crippen molar-refractivity contribution in [3.05, 3.63) is 53.3 Å². The van der Waals surface area contributed by atoms with E-state index in [0.717, 1.165) is 48.6 Å². The summed E-state index contributed by atoms with van der Waals surface area (Å²) in [4.78, 5) is 0. The fraction of sp³-hybridized carbons (Fsp3) is 0.429. The van der Waals surface area contributed by atoms with Crippen molar-refractivity contribution in [2.75, 3.05) is 0 Å². The van der Waals surface area contributed by atoms with Gasteiger partial charge in [-0.2, -0.15) is 0 Å². The fourth-order valence-electron chi connectivity index (χ4n) is 4.04. The lowest BCUT2D eigenvalue weighted by Gasteiger charge is -2.30. The van der Waals surface area contributed by atoms with Crippen LogP contribution in [-0.4, -0.2) is 6.36 Å². The zero-order valence-corrected chi connectivity index (χ0v) is 15.9. The third-order valence-corrected chi connectivity index (χ3v) is 5.67. The average molecular weight is 401 g/mol. The van der Waals surface area contributed by atoms with E-state index in [9.17, 15) is 17.6 Å². The van der Waals surface area contributed by atoms with Crippen LogP contribution in [0.2, 0.25) is 0 Å². The van der Waals surface area contributed by atoms with Gasteiger partial charge in [-0.05, 0) is 59.1 Å². The van der Waals surface area contributed by atoms with Gasteiger partial charge in [-0.3, -0.25) is 0 Å². The van der Waals surface area contributed by atoms with Crippen LogP contribution in [0.15, 0.2) is 36.4 Å². The van der Waals surface area contributed by atoms with Gasteiger partial charge < -0.3 is 4.74 Å². The zero-order chi connectivity index (χ0) is 19.8. The minimum atomic E-state index is -4.83. The second-order valence-electron chi connectivity index (χ2n) is 7.68. The number of hydrogen-bond donors (Lipinski definition) is 0. The minimum Gasteiger partial charge on any atom is -0.406 e. The number of rotatable bonds is 4. The molecule has 0 N–H and O–H groups in total. The molecule has 1 nitrogen and oxygen atoms in total. The largest absolute Gasteiger partial charge is 0.573 e. The second-order valence-corrected chi connectivity index (χ2v) is 7.95. The molecule has 2 aromatic carbocycles. The van der Waals surface area contributed by atoms with Crippen molar-refractivity contribution in [2.24, 2.45) is 5.41 Å². The first-order chi connectivity index (χ1) is 12.6. The molecule has 27 heavy (non-hydrogen) atoms. The number of hydrogen-bond acceptors (Lipinski definition) is 1. The molecule has 1 fully saturated rings. The molecule has 0 heterocycles. The first-order valence-electron chi connectivity index (χ1n) is 8.85. The summed E-state index contributed by atoms with van der Waals surface area (Å²) < 4.78 is 56.3. The summed E-state index contributed by atoms with van der Waals surface area (Å²) in [7, 11) is 0. The lowest BCUT2D eigenvalue weighted by atomic mass is 9.75. The van der Waals surface area contributed by atoms with E-state index in [1.54, 1.807) is 12.1 Å². The molecule has 1 atom stereocenters. The number of alkyl halides is 4. The highest BCUT2D eigenvalue weighted by Gasteiger charge is 2.37. The fourth-order valence-corrected chi connectivity index (χ4v) is 4.21. The Kier molecular flexibility index (Phi) is 5.44. The van der Waals surface area contributed by atoms with E-state index >= 15 is 0 Å². The van der Waals surface area contributed by atoms with Gasteiger partial charge in [0.2, 0.25) is 0 Å². The summed E-state index contributed by atoms with van der Waals surface area (Å²) in [5, 5.41) is 0. The highest BCUT2D eigenvalue weighted by molar-refractivity contribution is 6.17. The Morgan fingerprint density at radius 1 is 1.11 bits per heavy atom. The molecule has 0 saturated heterocycles. The molecule has 2 aromatic rings. The summed E-state index contributed by atoms with van der Waals surface area (Å²) in [6.07, 6.45) is -1.77. The molecule has 0 bridgehead atoms. The van der Waals surface area contributed by atoms with Crippen LogP contribution in [-0.2, 0) is 5.88 Å². The Morgan fingerprint density at radius 2 is 1.85 bits per heavy atom. The third-order valence-electron chi connectivity index (χ3n) is 5.36. The average Bonchev–Trinajstić information content (AvgIpc) is 2.94. The van der Waals surface area contributed by atoms with Gasteiger partial charge >= 0.3 is 6.36 Å². The number of ether oxygens (including phenoxy) is 1. The molecular formula is C21H21ClF4O. The lowest BCUT2D eigenvalue weighted by molar-refractivity contribution is -0.274. The molecule has 0 radical (unpaired) electrons. The van der Waals surface area contributed by atoms with Crippen LogP contribution in [0.5, 0.6) is 5.75 Å². The first-order valence-corrected chi connectivity index (χ1v) is 9.38. The van der Waals surface area contributed by atoms with Crippen molar-refractivity contribution in [3.63, 3.8) is 0 Å². The van der Waals surface area contributed by atoms with E-state index in [-0.39, 0.29) is 16.9 Å². The summed E-state index contributed by atoms with van der Waals surface area (Å²) in [5.41, 5.74) is 2.56. The molecule has 1 aliphatic carbocycles. The maximum Gasteiger partial charge on any atom is 0.573 e. The van der Waals surface area contributed by atoms with E-state index in [0.29, 0.717) is 11.4 Å². The molecule has 6 heteroatoms. The van der Waals surface area contributed by atoms with Crippen molar-refractivity contribution in [1.29, 1.82) is 0 Å². The predicted molar refractivity (Wildman–Crippen MR) is 98.4 cm³/mol. The predicted octanol–water partition coefficient (Wildman–Crippen LogP) is 7.42. The first kappa shape index (κ1) is 20.0. The van der Waals surface area contributed by atoms with Crippen LogP contribution in [0.4, 0.5) is 17.6 Å². The summed E-state index contributed by atoms with van der Waals surface area (Å²) in [6.45, 7) is 4.34. The molecular weight excluding hydrogens is 380 g/mol. The topological polar surface area (TPSA) is 9.23 Å². The van der Waals surface area contributed by atoms with E-state index in [2.05, 4.69) is 18.6 Å². The van der Waals surface area contributed by atoms with Crippen LogP contribution >= 0.6 is 11.6 Å². The lowest BCUT2D eigenvalue weighted by Crippen LogP contribution is -2.17. The Bertz CT molecular complexity index is 829. The number of benzene rings is 2. The standard InChI is InChI=1S/C21H21ClF4O/c1-20(2)9-3-4-18(20)16-10-13(12-22)5-7-15(16)17-11-14(6-8-19(17)23)27-21(24,25)26/h5-8,10-11,18H,3-4,9,12H2,1-2H3/t18-/m1/s1. The maximum absolute atomic E-state index is 14.6. The van der Waals surface area contributed by atoms with E-state index in [1.165, 1.54) is 0 Å². The highest BCUT2D eigenvalue weighted by atomic mass is 35.5. The SMILES string of the molecule is CC1(C)CCC[C@@H]1c1cc(CCl)ccc1-c1cc(OC(F)(F)F)ccc1F. The van der Waals surface area contributed by atoms with Crippen LogP contribution < -0.4 is 4.74 Å². The van der Waals surface area contributed by atoms with E-state index in [1.807, 2.05) is 6.07 Å². The summed E-state index contributed by atoms with van der Waals surface area (Å²) >= 11 is 5.99. The Balaban J connectivity index is 2.13. The van der Waals surface area contributed by atoms with Gasteiger partial charge in [0.1, 0.15) is 11.6 Å². The van der Waals surface area contributed by atoms with Crippen LogP contribution in [0.25, 0.3) is 11.1 Å². The van der Waals surface area contributed by atoms with Crippen molar-refractivity contribution < 1.29 is 22.3 Å². The Labute approximate surface area is 161 Å². The maximum atomic E-state index is 14.6. The van der Waals surface area contributed by atoms with Gasteiger partial charge in [0.05, 0.1) is 0 Å². The van der Waals surface area contributed by atoms with Gasteiger partial charge in [0, 0.05) is 11.4 Å². The van der Waals surface area contributed by atoms with Crippen molar-refractivity contribution in [3.8, 4) is 16.9 Å². The van der Waals surface area contributed by atoms with E-state index in [4.69, 9.17) is 11.6 Å². The normalized spacial score (nSPS) is 19.3. The zero-order valence-electron chi connectivity index (χ0n) is 15.2. The molecule has 3 rings (SSSR count). The van der Waals surface area contributed by atoms with Crippen molar-refractivity contribution in [2.45, 2.75) is 51.3 Å². The molecule has 0 spiro atoms. The smallest absolute Gasteiger partial charge is 0.406 e.